The topological polar surface area (TPSA) is 53.8 Å². The van der Waals surface area contributed by atoms with E-state index in [4.69, 9.17) is 16.0 Å². The van der Waals surface area contributed by atoms with Gasteiger partial charge in [0, 0.05) is 22.9 Å². The second-order valence-corrected chi connectivity index (χ2v) is 9.12. The smallest absolute Gasteiger partial charge is 0.291 e. The molecule has 0 aliphatic carbocycles. The Morgan fingerprint density at radius 3 is 2.80 bits per heavy atom. The highest BCUT2D eigenvalue weighted by atomic mass is 35.5. The number of amides is 2. The second-order valence-electron chi connectivity index (χ2n) is 7.43. The van der Waals surface area contributed by atoms with Gasteiger partial charge in [-0.3, -0.25) is 9.59 Å². The average molecular weight is 439 g/mol. The van der Waals surface area contributed by atoms with Crippen LogP contribution in [0.15, 0.2) is 65.3 Å². The Labute approximate surface area is 183 Å². The van der Waals surface area contributed by atoms with Crippen molar-refractivity contribution in [2.45, 2.75) is 18.3 Å². The van der Waals surface area contributed by atoms with Crippen LogP contribution in [-0.4, -0.2) is 29.0 Å². The predicted octanol–water partition coefficient (Wildman–Crippen LogP) is 4.83. The van der Waals surface area contributed by atoms with Crippen LogP contribution in [0.2, 0.25) is 5.02 Å². The van der Waals surface area contributed by atoms with Gasteiger partial charge in [0.15, 0.2) is 10.6 Å². The lowest BCUT2D eigenvalue weighted by Gasteiger charge is -2.32. The Morgan fingerprint density at radius 1 is 1.20 bits per heavy atom. The van der Waals surface area contributed by atoms with Crippen molar-refractivity contribution in [2.75, 3.05) is 17.2 Å². The van der Waals surface area contributed by atoms with E-state index in [2.05, 4.69) is 0 Å². The van der Waals surface area contributed by atoms with E-state index in [9.17, 15) is 9.59 Å². The molecule has 2 aromatic carbocycles. The maximum absolute atomic E-state index is 13.9. The number of carbonyl (C=O) groups is 2. The summed E-state index contributed by atoms with van der Waals surface area (Å²) in [5.74, 6) is 0.519. The number of rotatable bonds is 3. The van der Waals surface area contributed by atoms with E-state index in [-0.39, 0.29) is 17.6 Å². The van der Waals surface area contributed by atoms with E-state index in [1.165, 1.54) is 18.0 Å². The number of nitrogens with zero attached hydrogens (tertiary/aromatic N) is 2. The Bertz CT molecular complexity index is 1150. The average Bonchev–Trinajstić information content (AvgIpc) is 3.47. The predicted molar refractivity (Wildman–Crippen MR) is 118 cm³/mol. The van der Waals surface area contributed by atoms with Crippen molar-refractivity contribution in [3.05, 3.63) is 88.3 Å². The molecule has 30 heavy (non-hydrogen) atoms. The number of benzene rings is 2. The maximum atomic E-state index is 13.9. The molecule has 0 bridgehead atoms. The van der Waals surface area contributed by atoms with E-state index < -0.39 is 4.87 Å². The van der Waals surface area contributed by atoms with Gasteiger partial charge < -0.3 is 14.2 Å². The van der Waals surface area contributed by atoms with Crippen molar-refractivity contribution in [2.24, 2.45) is 0 Å². The maximum Gasteiger partial charge on any atom is 0.291 e. The fourth-order valence-corrected chi connectivity index (χ4v) is 5.86. The van der Waals surface area contributed by atoms with Crippen molar-refractivity contribution in [3.63, 3.8) is 0 Å². The van der Waals surface area contributed by atoms with Gasteiger partial charge in [-0.25, -0.2) is 0 Å². The van der Waals surface area contributed by atoms with Gasteiger partial charge in [0.1, 0.15) is 0 Å². The molecule has 7 heteroatoms. The van der Waals surface area contributed by atoms with Gasteiger partial charge in [-0.1, -0.05) is 47.5 Å². The molecule has 2 amide bonds. The van der Waals surface area contributed by atoms with E-state index >= 15 is 0 Å². The molecule has 3 heterocycles. The van der Waals surface area contributed by atoms with E-state index in [0.717, 1.165) is 22.4 Å². The van der Waals surface area contributed by atoms with Gasteiger partial charge in [0.05, 0.1) is 18.5 Å². The lowest BCUT2D eigenvalue weighted by molar-refractivity contribution is -0.123. The summed E-state index contributed by atoms with van der Waals surface area (Å²) in [5.41, 5.74) is 3.57. The van der Waals surface area contributed by atoms with Crippen molar-refractivity contribution in [1.29, 1.82) is 0 Å². The molecule has 1 atom stereocenters. The van der Waals surface area contributed by atoms with Crippen molar-refractivity contribution in [1.82, 2.24) is 4.90 Å². The third-order valence-electron chi connectivity index (χ3n) is 5.61. The number of fused-ring (bicyclic) bond motifs is 2. The molecule has 5 rings (SSSR count). The third kappa shape index (κ3) is 2.78. The summed E-state index contributed by atoms with van der Waals surface area (Å²) in [5, 5.41) is 0.613. The zero-order valence-corrected chi connectivity index (χ0v) is 17.9. The van der Waals surface area contributed by atoms with E-state index in [0.29, 0.717) is 23.9 Å². The van der Waals surface area contributed by atoms with Crippen LogP contribution < -0.4 is 4.90 Å². The first kappa shape index (κ1) is 19.3. The number of hydrogen-bond acceptors (Lipinski definition) is 4. The molecule has 2 aliphatic heterocycles. The molecule has 152 valence electrons. The van der Waals surface area contributed by atoms with Crippen LogP contribution in [0.1, 0.15) is 27.2 Å². The number of aryl methyl sites for hydroxylation is 1. The van der Waals surface area contributed by atoms with Gasteiger partial charge in [-0.2, -0.15) is 0 Å². The number of hydrogen-bond donors (Lipinski definition) is 0. The molecule has 2 aliphatic rings. The van der Waals surface area contributed by atoms with E-state index in [1.54, 1.807) is 21.9 Å². The Morgan fingerprint density at radius 2 is 2.03 bits per heavy atom. The summed E-state index contributed by atoms with van der Waals surface area (Å²) >= 11 is 7.88. The summed E-state index contributed by atoms with van der Waals surface area (Å²) in [4.78, 5) is 29.5. The number of anilines is 1. The Kier molecular flexibility index (Phi) is 4.64. The van der Waals surface area contributed by atoms with Crippen LogP contribution in [-0.2, 0) is 16.2 Å². The lowest BCUT2D eigenvalue weighted by Crippen LogP contribution is -2.50. The number of furan rings is 1. The second kappa shape index (κ2) is 7.22. The Balaban J connectivity index is 1.62. The molecule has 0 saturated carbocycles. The first-order valence-corrected chi connectivity index (χ1v) is 11.0. The van der Waals surface area contributed by atoms with Crippen LogP contribution in [0.3, 0.4) is 0 Å². The highest BCUT2D eigenvalue weighted by Gasteiger charge is 2.59. The zero-order valence-electron chi connectivity index (χ0n) is 16.3. The molecule has 1 unspecified atom stereocenters. The first-order chi connectivity index (χ1) is 14.5. The van der Waals surface area contributed by atoms with E-state index in [1.807, 2.05) is 49.4 Å². The largest absolute Gasteiger partial charge is 0.459 e. The fourth-order valence-electron chi connectivity index (χ4n) is 4.22. The zero-order chi connectivity index (χ0) is 20.9. The molecule has 1 fully saturated rings. The molecular weight excluding hydrogens is 420 g/mol. The molecule has 3 aromatic rings. The lowest BCUT2D eigenvalue weighted by atomic mass is 10.0. The fraction of sp³-hybridized carbons (Fsp3) is 0.217. The SMILES string of the molecule is Cc1ccc2c(c1)C1(SCCN1C(=O)c1ccco1)C(=O)N2Cc1ccccc1Cl. The summed E-state index contributed by atoms with van der Waals surface area (Å²) < 4.78 is 5.35. The van der Waals surface area contributed by atoms with Crippen LogP contribution >= 0.6 is 23.4 Å². The Hall–Kier alpha value is -2.70. The summed E-state index contributed by atoms with van der Waals surface area (Å²) in [6.07, 6.45) is 1.47. The number of carbonyl (C=O) groups excluding carboxylic acids is 2. The first-order valence-electron chi connectivity index (χ1n) is 9.68. The van der Waals surface area contributed by atoms with Crippen molar-refractivity contribution < 1.29 is 14.0 Å². The van der Waals surface area contributed by atoms with Crippen molar-refractivity contribution in [3.8, 4) is 0 Å². The summed E-state index contributed by atoms with van der Waals surface area (Å²) in [6.45, 7) is 2.82. The highest BCUT2D eigenvalue weighted by Crippen LogP contribution is 2.55. The molecule has 5 nitrogen and oxygen atoms in total. The number of thioether (sulfide) groups is 1. The van der Waals surface area contributed by atoms with Gasteiger partial charge in [0.25, 0.3) is 11.8 Å². The minimum absolute atomic E-state index is 0.120. The molecular formula is C23H19ClN2O3S. The van der Waals surface area contributed by atoms with Gasteiger partial charge >= 0.3 is 0 Å². The molecule has 0 N–H and O–H groups in total. The monoisotopic (exact) mass is 438 g/mol. The molecule has 0 radical (unpaired) electrons. The minimum Gasteiger partial charge on any atom is -0.459 e. The van der Waals surface area contributed by atoms with Gasteiger partial charge in [-0.15, -0.1) is 11.8 Å². The van der Waals surface area contributed by atoms with Crippen LogP contribution in [0, 0.1) is 6.92 Å². The van der Waals surface area contributed by atoms with Gasteiger partial charge in [-0.05, 0) is 36.8 Å². The molecule has 1 spiro atoms. The standard InChI is InChI=1S/C23H19ClN2O3S/c1-15-8-9-19-17(13-15)23(22(28)25(19)14-16-5-2-3-6-18(16)24)26(10-12-30-23)21(27)20-7-4-11-29-20/h2-9,11,13H,10,12,14H2,1H3. The number of halogens is 1. The molecule has 1 saturated heterocycles. The highest BCUT2D eigenvalue weighted by molar-refractivity contribution is 8.01. The van der Waals surface area contributed by atoms with Crippen LogP contribution in [0.5, 0.6) is 0 Å². The van der Waals surface area contributed by atoms with Gasteiger partial charge in [0.2, 0.25) is 0 Å². The van der Waals surface area contributed by atoms with Crippen LogP contribution in [0.4, 0.5) is 5.69 Å². The van der Waals surface area contributed by atoms with Crippen LogP contribution in [0.25, 0.3) is 0 Å². The normalized spacial score (nSPS) is 20.3. The van der Waals surface area contributed by atoms with Crippen molar-refractivity contribution >= 4 is 40.9 Å². The summed E-state index contributed by atoms with van der Waals surface area (Å²) in [6, 6.07) is 16.8. The third-order valence-corrected chi connectivity index (χ3v) is 7.40. The molecule has 1 aromatic heterocycles. The summed E-state index contributed by atoms with van der Waals surface area (Å²) in [7, 11) is 0. The quantitative estimate of drug-likeness (QED) is 0.587. The minimum atomic E-state index is -1.09.